The molecular formula is C52H56. The Hall–Kier alpha value is -5.20. The Kier molecular flexibility index (Phi) is 13.4. The van der Waals surface area contributed by atoms with Crippen LogP contribution in [0.5, 0.6) is 0 Å². The van der Waals surface area contributed by atoms with E-state index in [4.69, 9.17) is 0 Å². The van der Waals surface area contributed by atoms with Crippen LogP contribution in [0.1, 0.15) is 101 Å². The monoisotopic (exact) mass is 680 g/mol. The van der Waals surface area contributed by atoms with Crippen molar-refractivity contribution in [3.8, 4) is 0 Å². The molecule has 8 rings (SSSR count). The van der Waals surface area contributed by atoms with Gasteiger partial charge in [-0.3, -0.25) is 0 Å². The van der Waals surface area contributed by atoms with E-state index in [0.29, 0.717) is 23.7 Å². The van der Waals surface area contributed by atoms with Crippen molar-refractivity contribution >= 4 is 43.1 Å². The topological polar surface area (TPSA) is 0 Å². The summed E-state index contributed by atoms with van der Waals surface area (Å²) in [5.74, 6) is 2.45. The lowest BCUT2D eigenvalue weighted by Gasteiger charge is -2.08. The molecule has 0 heterocycles. The molecule has 0 aliphatic carbocycles. The first-order chi connectivity index (χ1) is 25.1. The van der Waals surface area contributed by atoms with Crippen LogP contribution in [-0.4, -0.2) is 0 Å². The Bertz CT molecular complexity index is 2100. The SMILES string of the molecule is CC(C)c1ccc2ccccc2c1.CC(C)c1ccc2ccccc2c1.CC(C)c1ccc2ccccc2c1.CC(C)c1cccc2ccccc12. The average molecular weight is 681 g/mol. The molecule has 0 atom stereocenters. The van der Waals surface area contributed by atoms with Crippen molar-refractivity contribution in [2.24, 2.45) is 0 Å². The van der Waals surface area contributed by atoms with Crippen LogP contribution in [-0.2, 0) is 0 Å². The van der Waals surface area contributed by atoms with Gasteiger partial charge in [-0.25, -0.2) is 0 Å². The molecule has 52 heavy (non-hydrogen) atoms. The molecule has 0 saturated carbocycles. The van der Waals surface area contributed by atoms with Crippen molar-refractivity contribution < 1.29 is 0 Å². The van der Waals surface area contributed by atoms with Crippen molar-refractivity contribution in [3.63, 3.8) is 0 Å². The van der Waals surface area contributed by atoms with Gasteiger partial charge in [0.25, 0.3) is 0 Å². The van der Waals surface area contributed by atoms with Gasteiger partial charge in [0.1, 0.15) is 0 Å². The quantitative estimate of drug-likeness (QED) is 0.174. The Morgan fingerprint density at radius 2 is 0.558 bits per heavy atom. The van der Waals surface area contributed by atoms with Crippen LogP contribution >= 0.6 is 0 Å². The fourth-order valence-corrected chi connectivity index (χ4v) is 6.45. The van der Waals surface area contributed by atoms with Crippen molar-refractivity contribution in [1.82, 2.24) is 0 Å². The van der Waals surface area contributed by atoms with Crippen LogP contribution in [0.4, 0.5) is 0 Å². The highest BCUT2D eigenvalue weighted by molar-refractivity contribution is 5.86. The van der Waals surface area contributed by atoms with Gasteiger partial charge < -0.3 is 0 Å². The third kappa shape index (κ3) is 10.2. The molecule has 264 valence electrons. The van der Waals surface area contributed by atoms with E-state index >= 15 is 0 Å². The van der Waals surface area contributed by atoms with Crippen LogP contribution in [0.3, 0.4) is 0 Å². The molecule has 8 aromatic carbocycles. The standard InChI is InChI=1S/4C13H14/c1-10(2)12-9-5-7-11-6-3-4-8-13(11)12;3*1-10(2)12-8-7-11-5-3-4-6-13(11)9-12/h4*3-10H,1-2H3. The molecule has 0 amide bonds. The first-order valence-corrected chi connectivity index (χ1v) is 19.0. The molecule has 0 spiro atoms. The normalized spacial score (nSPS) is 11.0. The zero-order valence-electron chi connectivity index (χ0n) is 32.5. The van der Waals surface area contributed by atoms with Crippen LogP contribution < -0.4 is 0 Å². The van der Waals surface area contributed by atoms with Crippen molar-refractivity contribution in [2.75, 3.05) is 0 Å². The largest absolute Gasteiger partial charge is 0.0616 e. The van der Waals surface area contributed by atoms with E-state index in [2.05, 4.69) is 225 Å². The maximum Gasteiger partial charge on any atom is -0.0149 e. The van der Waals surface area contributed by atoms with E-state index in [0.717, 1.165) is 0 Å². The molecule has 8 aromatic rings. The van der Waals surface area contributed by atoms with E-state index in [1.165, 1.54) is 65.3 Å². The molecule has 0 saturated heterocycles. The zero-order chi connectivity index (χ0) is 37.0. The number of benzene rings is 8. The van der Waals surface area contributed by atoms with Crippen LogP contribution in [0.15, 0.2) is 170 Å². The molecule has 0 nitrogen and oxygen atoms in total. The summed E-state index contributed by atoms with van der Waals surface area (Å²) in [6.07, 6.45) is 0. The first kappa shape index (κ1) is 38.0. The molecule has 0 unspecified atom stereocenters. The highest BCUT2D eigenvalue weighted by atomic mass is 14.1. The molecule has 0 fully saturated rings. The van der Waals surface area contributed by atoms with Gasteiger partial charge >= 0.3 is 0 Å². The van der Waals surface area contributed by atoms with Crippen molar-refractivity contribution in [2.45, 2.75) is 79.1 Å². The molecule has 0 aromatic heterocycles. The molecule has 0 heteroatoms. The van der Waals surface area contributed by atoms with Crippen molar-refractivity contribution in [3.05, 3.63) is 192 Å². The van der Waals surface area contributed by atoms with Gasteiger partial charge in [0, 0.05) is 0 Å². The number of hydrogen-bond donors (Lipinski definition) is 0. The summed E-state index contributed by atoms with van der Waals surface area (Å²) in [7, 11) is 0. The lowest BCUT2D eigenvalue weighted by atomic mass is 9.96. The third-order valence-electron chi connectivity index (χ3n) is 9.77. The Labute approximate surface area is 313 Å². The molecule has 0 bridgehead atoms. The maximum atomic E-state index is 2.28. The van der Waals surface area contributed by atoms with E-state index in [-0.39, 0.29) is 0 Å². The van der Waals surface area contributed by atoms with E-state index < -0.39 is 0 Å². The second-order valence-electron chi connectivity index (χ2n) is 15.0. The molecule has 0 aliphatic heterocycles. The molecule has 0 aliphatic rings. The van der Waals surface area contributed by atoms with Gasteiger partial charge in [0.05, 0.1) is 0 Å². The summed E-state index contributed by atoms with van der Waals surface area (Å²) in [5, 5.41) is 10.7. The van der Waals surface area contributed by atoms with E-state index in [9.17, 15) is 0 Å². The number of fused-ring (bicyclic) bond motifs is 4. The van der Waals surface area contributed by atoms with E-state index in [1.54, 1.807) is 0 Å². The van der Waals surface area contributed by atoms with Gasteiger partial charge in [-0.05, 0) is 89.0 Å². The molecule has 0 radical (unpaired) electrons. The zero-order valence-corrected chi connectivity index (χ0v) is 32.5. The van der Waals surface area contributed by atoms with Gasteiger partial charge in [0.15, 0.2) is 0 Å². The van der Waals surface area contributed by atoms with Gasteiger partial charge in [0.2, 0.25) is 0 Å². The minimum Gasteiger partial charge on any atom is -0.0616 e. The van der Waals surface area contributed by atoms with Crippen LogP contribution in [0.25, 0.3) is 43.1 Å². The highest BCUT2D eigenvalue weighted by Gasteiger charge is 2.03. The van der Waals surface area contributed by atoms with Gasteiger partial charge in [-0.15, -0.1) is 0 Å². The number of rotatable bonds is 4. The summed E-state index contributed by atoms with van der Waals surface area (Å²) < 4.78 is 0. The van der Waals surface area contributed by atoms with Crippen LogP contribution in [0, 0.1) is 0 Å². The first-order valence-electron chi connectivity index (χ1n) is 19.0. The second-order valence-corrected chi connectivity index (χ2v) is 15.0. The second kappa shape index (κ2) is 18.3. The Morgan fingerprint density at radius 3 is 0.904 bits per heavy atom. The lowest BCUT2D eigenvalue weighted by molar-refractivity contribution is 0.869. The highest BCUT2D eigenvalue weighted by Crippen LogP contribution is 2.25. The number of hydrogen-bond acceptors (Lipinski definition) is 0. The van der Waals surface area contributed by atoms with Gasteiger partial charge in [-0.2, -0.15) is 0 Å². The Morgan fingerprint density at radius 1 is 0.250 bits per heavy atom. The van der Waals surface area contributed by atoms with Crippen LogP contribution in [0.2, 0.25) is 0 Å². The molecule has 0 N–H and O–H groups in total. The summed E-state index contributed by atoms with van der Waals surface area (Å²) >= 11 is 0. The summed E-state index contributed by atoms with van der Waals surface area (Å²) in [4.78, 5) is 0. The summed E-state index contributed by atoms with van der Waals surface area (Å²) in [5.41, 5.74) is 5.69. The third-order valence-corrected chi connectivity index (χ3v) is 9.77. The minimum atomic E-state index is 0.603. The van der Waals surface area contributed by atoms with E-state index in [1.807, 2.05) is 0 Å². The minimum absolute atomic E-state index is 0.603. The predicted octanol–water partition coefficient (Wildman–Crippen LogP) is 15.9. The lowest BCUT2D eigenvalue weighted by Crippen LogP contribution is -1.88. The predicted molar refractivity (Wildman–Crippen MR) is 232 cm³/mol. The average Bonchev–Trinajstić information content (AvgIpc) is 3.17. The summed E-state index contributed by atoms with van der Waals surface area (Å²) in [6, 6.07) is 60.6. The van der Waals surface area contributed by atoms with Gasteiger partial charge in [-0.1, -0.05) is 225 Å². The Balaban J connectivity index is 0.000000134. The van der Waals surface area contributed by atoms with Crippen molar-refractivity contribution in [1.29, 1.82) is 0 Å². The summed E-state index contributed by atoms with van der Waals surface area (Å²) in [6.45, 7) is 17.8. The molecular weight excluding hydrogens is 625 g/mol. The maximum absolute atomic E-state index is 2.28. The fraction of sp³-hybridized carbons (Fsp3) is 0.231. The smallest absolute Gasteiger partial charge is 0.0149 e. The fourth-order valence-electron chi connectivity index (χ4n) is 6.45.